The van der Waals surface area contributed by atoms with Gasteiger partial charge in [0, 0.05) is 5.56 Å². The lowest BCUT2D eigenvalue weighted by Crippen LogP contribution is -1.94. The van der Waals surface area contributed by atoms with Crippen LogP contribution in [0.25, 0.3) is 11.3 Å². The van der Waals surface area contributed by atoms with E-state index in [1.165, 1.54) is 12.3 Å². The number of carbonyl (C=O) groups is 1. The van der Waals surface area contributed by atoms with Gasteiger partial charge in [-0.15, -0.1) is 0 Å². The second-order valence-corrected chi connectivity index (χ2v) is 2.44. The van der Waals surface area contributed by atoms with Gasteiger partial charge in [-0.1, -0.05) is 0 Å². The van der Waals surface area contributed by atoms with Crippen molar-refractivity contribution in [2.45, 2.75) is 0 Å². The third-order valence-electron chi connectivity index (χ3n) is 1.72. The van der Waals surface area contributed by atoms with Crippen molar-refractivity contribution in [1.29, 1.82) is 0 Å². The summed E-state index contributed by atoms with van der Waals surface area (Å²) in [5.41, 5.74) is 0.930. The first-order valence-electron chi connectivity index (χ1n) is 3.48. The summed E-state index contributed by atoms with van der Waals surface area (Å²) in [5, 5.41) is 8.73. The second kappa shape index (κ2) is 2.37. The van der Waals surface area contributed by atoms with Crippen LogP contribution in [0.2, 0.25) is 0 Å². The van der Waals surface area contributed by atoms with Crippen molar-refractivity contribution in [3.63, 3.8) is 0 Å². The summed E-state index contributed by atoms with van der Waals surface area (Å²) < 4.78 is 5.08. The van der Waals surface area contributed by atoms with E-state index in [0.717, 1.165) is 0 Å². The van der Waals surface area contributed by atoms with Crippen LogP contribution in [0, 0.1) is 0 Å². The predicted molar refractivity (Wildman–Crippen MR) is 42.3 cm³/mol. The van der Waals surface area contributed by atoms with Gasteiger partial charge in [-0.2, -0.15) is 0 Å². The zero-order chi connectivity index (χ0) is 8.55. The zero-order valence-electron chi connectivity index (χ0n) is 6.15. The highest BCUT2D eigenvalue weighted by Gasteiger charge is 2.15. The zero-order valence-corrected chi connectivity index (χ0v) is 6.15. The molecule has 0 amide bonds. The third kappa shape index (κ3) is 0.871. The first kappa shape index (κ1) is 6.91. The SMILES string of the molecule is O=C(O)c1ccc2occcc1-2. The molecule has 0 unspecified atom stereocenters. The van der Waals surface area contributed by atoms with E-state index in [-0.39, 0.29) is 5.56 Å². The third-order valence-corrected chi connectivity index (χ3v) is 1.72. The van der Waals surface area contributed by atoms with Gasteiger partial charge in [0.25, 0.3) is 0 Å². The highest BCUT2D eigenvalue weighted by atomic mass is 16.4. The lowest BCUT2D eigenvalue weighted by Gasteiger charge is -1.96. The van der Waals surface area contributed by atoms with Crippen LogP contribution in [-0.4, -0.2) is 11.1 Å². The molecule has 1 N–H and O–H groups in total. The van der Waals surface area contributed by atoms with Crippen LogP contribution in [0.4, 0.5) is 0 Å². The molecule has 1 aliphatic carbocycles. The minimum atomic E-state index is -0.925. The van der Waals surface area contributed by atoms with E-state index in [0.29, 0.717) is 11.3 Å². The largest absolute Gasteiger partial charge is 0.478 e. The highest BCUT2D eigenvalue weighted by Crippen LogP contribution is 2.27. The molecule has 2 rings (SSSR count). The van der Waals surface area contributed by atoms with Crippen LogP contribution in [0.15, 0.2) is 34.9 Å². The van der Waals surface area contributed by atoms with E-state index in [1.807, 2.05) is 0 Å². The van der Waals surface area contributed by atoms with Crippen LogP contribution in [0.1, 0.15) is 10.4 Å². The minimum Gasteiger partial charge on any atom is -0.478 e. The van der Waals surface area contributed by atoms with Crippen molar-refractivity contribution >= 4 is 5.97 Å². The molecule has 0 spiro atoms. The Morgan fingerprint density at radius 2 is 2.17 bits per heavy atom. The number of carboxylic acid groups (broad SMARTS) is 1. The molecule has 0 fully saturated rings. The van der Waals surface area contributed by atoms with E-state index in [1.54, 1.807) is 18.2 Å². The molecule has 0 aromatic heterocycles. The molecule has 12 heavy (non-hydrogen) atoms. The number of hydrogen-bond acceptors (Lipinski definition) is 2. The normalized spacial score (nSPS) is 10.3. The van der Waals surface area contributed by atoms with E-state index in [4.69, 9.17) is 9.52 Å². The summed E-state index contributed by atoms with van der Waals surface area (Å²) in [6.07, 6.45) is 1.52. The smallest absolute Gasteiger partial charge is 0.336 e. The van der Waals surface area contributed by atoms with Gasteiger partial charge >= 0.3 is 5.97 Å². The Morgan fingerprint density at radius 1 is 1.33 bits per heavy atom. The van der Waals surface area contributed by atoms with Crippen LogP contribution in [-0.2, 0) is 0 Å². The highest BCUT2D eigenvalue weighted by molar-refractivity contribution is 5.96. The Morgan fingerprint density at radius 3 is 2.92 bits per heavy atom. The van der Waals surface area contributed by atoms with Gasteiger partial charge in [0.15, 0.2) is 0 Å². The fourth-order valence-electron chi connectivity index (χ4n) is 1.18. The second-order valence-electron chi connectivity index (χ2n) is 2.44. The van der Waals surface area contributed by atoms with Gasteiger partial charge in [-0.3, -0.25) is 0 Å². The molecule has 1 heterocycles. The van der Waals surface area contributed by atoms with Crippen molar-refractivity contribution in [2.24, 2.45) is 0 Å². The van der Waals surface area contributed by atoms with Crippen LogP contribution in [0.5, 0.6) is 0 Å². The van der Waals surface area contributed by atoms with Crippen molar-refractivity contribution < 1.29 is 14.3 Å². The monoisotopic (exact) mass is 162 g/mol. The van der Waals surface area contributed by atoms with Gasteiger partial charge < -0.3 is 9.52 Å². The molecule has 0 saturated carbocycles. The van der Waals surface area contributed by atoms with Crippen LogP contribution in [0.3, 0.4) is 0 Å². The number of rotatable bonds is 1. The summed E-state index contributed by atoms with van der Waals surface area (Å²) in [6, 6.07) is 6.59. The Labute approximate surface area is 68.6 Å². The predicted octanol–water partition coefficient (Wildman–Crippen LogP) is 2.08. The number of aromatic carboxylic acids is 1. The van der Waals surface area contributed by atoms with Crippen molar-refractivity contribution in [2.75, 3.05) is 0 Å². The first-order valence-corrected chi connectivity index (χ1v) is 3.48. The molecule has 0 saturated heterocycles. The molecule has 60 valence electrons. The summed E-state index contributed by atoms with van der Waals surface area (Å²) in [4.78, 5) is 10.6. The molecule has 0 bridgehead atoms. The standard InChI is InChI=1S/C9H6O3/c10-9(11)7-3-4-8-6(7)2-1-5-12-8/h1-5H,(H,10,11). The summed E-state index contributed by atoms with van der Waals surface area (Å²) >= 11 is 0. The van der Waals surface area contributed by atoms with E-state index in [9.17, 15) is 4.79 Å². The Bertz CT molecular complexity index is 389. The van der Waals surface area contributed by atoms with Crippen molar-refractivity contribution in [3.8, 4) is 11.3 Å². The average Bonchev–Trinajstić information content (AvgIpc) is 2.47. The molecular formula is C9H6O3. The van der Waals surface area contributed by atoms with Gasteiger partial charge in [0.2, 0.25) is 0 Å². The fraction of sp³-hybridized carbons (Fsp3) is 0. The summed E-state index contributed by atoms with van der Waals surface area (Å²) in [7, 11) is 0. The van der Waals surface area contributed by atoms with Gasteiger partial charge in [-0.05, 0) is 24.3 Å². The van der Waals surface area contributed by atoms with Gasteiger partial charge in [0.1, 0.15) is 5.76 Å². The molecule has 0 atom stereocenters. The maximum atomic E-state index is 10.6. The van der Waals surface area contributed by atoms with Crippen LogP contribution >= 0.6 is 0 Å². The topological polar surface area (TPSA) is 50.4 Å². The minimum absolute atomic E-state index is 0.286. The lowest BCUT2D eigenvalue weighted by molar-refractivity contribution is 0.0698. The molecular weight excluding hydrogens is 156 g/mol. The Balaban J connectivity index is 2.67. The maximum absolute atomic E-state index is 10.6. The first-order chi connectivity index (χ1) is 5.79. The fourth-order valence-corrected chi connectivity index (χ4v) is 1.18. The molecule has 3 heteroatoms. The maximum Gasteiger partial charge on any atom is 0.336 e. The Hall–Kier alpha value is -1.77. The average molecular weight is 162 g/mol. The molecule has 0 aromatic rings. The van der Waals surface area contributed by atoms with Crippen LogP contribution < -0.4 is 0 Å². The van der Waals surface area contributed by atoms with E-state index < -0.39 is 5.97 Å². The van der Waals surface area contributed by atoms with E-state index >= 15 is 0 Å². The van der Waals surface area contributed by atoms with Gasteiger partial charge in [0.05, 0.1) is 11.8 Å². The van der Waals surface area contributed by atoms with Crippen molar-refractivity contribution in [1.82, 2.24) is 0 Å². The summed E-state index contributed by atoms with van der Waals surface area (Å²) in [5.74, 6) is -0.318. The lowest BCUT2D eigenvalue weighted by atomic mass is 10.2. The number of fused-ring (bicyclic) bond motifs is 1. The number of hydrogen-bond donors (Lipinski definition) is 1. The van der Waals surface area contributed by atoms with Crippen molar-refractivity contribution in [3.05, 3.63) is 36.1 Å². The molecule has 1 aliphatic heterocycles. The Kier molecular flexibility index (Phi) is 1.37. The molecule has 0 radical (unpaired) electrons. The summed E-state index contributed by atoms with van der Waals surface area (Å²) in [6.45, 7) is 0. The van der Waals surface area contributed by atoms with E-state index in [2.05, 4.69) is 0 Å². The number of carboxylic acids is 1. The molecule has 3 nitrogen and oxygen atoms in total. The van der Waals surface area contributed by atoms with Gasteiger partial charge in [-0.25, -0.2) is 4.79 Å². The quantitative estimate of drug-likeness (QED) is 0.698. The molecule has 2 aliphatic rings. The molecule has 0 aromatic carbocycles.